The molecule has 0 bridgehead atoms. The van der Waals surface area contributed by atoms with E-state index in [0.717, 1.165) is 43.9 Å². The molecule has 1 aromatic rings. The van der Waals surface area contributed by atoms with E-state index in [2.05, 4.69) is 29.5 Å². The van der Waals surface area contributed by atoms with E-state index in [-0.39, 0.29) is 17.8 Å². The van der Waals surface area contributed by atoms with Gasteiger partial charge >= 0.3 is 0 Å². The lowest BCUT2D eigenvalue weighted by atomic mass is 9.79. The maximum absolute atomic E-state index is 13.2. The summed E-state index contributed by atoms with van der Waals surface area (Å²) in [5.41, 5.74) is 0.916. The number of rotatable bonds is 9. The number of benzene rings is 1. The number of nitrogens with zero attached hydrogens (tertiary/aromatic N) is 1. The smallest absolute Gasteiger partial charge is 0.191 e. The molecule has 130 valence electrons. The Labute approximate surface area is 139 Å². The van der Waals surface area contributed by atoms with Crippen LogP contribution in [0.3, 0.4) is 0 Å². The minimum absolute atomic E-state index is 0.0732. The maximum Gasteiger partial charge on any atom is 0.191 e. The zero-order chi connectivity index (χ0) is 17.1. The summed E-state index contributed by atoms with van der Waals surface area (Å²) < 4.78 is 13.2. The van der Waals surface area contributed by atoms with Gasteiger partial charge < -0.3 is 15.7 Å². The van der Waals surface area contributed by atoms with Crippen molar-refractivity contribution in [3.05, 3.63) is 35.6 Å². The molecule has 23 heavy (non-hydrogen) atoms. The Morgan fingerprint density at radius 3 is 2.52 bits per heavy atom. The Kier molecular flexibility index (Phi) is 8.62. The molecular weight excluding hydrogens is 293 g/mol. The van der Waals surface area contributed by atoms with Crippen molar-refractivity contribution >= 4 is 5.96 Å². The molecule has 0 saturated carbocycles. The number of aliphatic hydroxyl groups excluding tert-OH is 1. The minimum Gasteiger partial charge on any atom is -0.396 e. The molecule has 0 amide bonds. The second-order valence-corrected chi connectivity index (χ2v) is 5.86. The SMILES string of the molecule is CCNC(=NCc1cccc(F)c1)NCC(CC)(CC)CCO. The molecule has 0 aromatic heterocycles. The molecule has 4 nitrogen and oxygen atoms in total. The summed E-state index contributed by atoms with van der Waals surface area (Å²) >= 11 is 0. The average Bonchev–Trinajstić information content (AvgIpc) is 2.56. The highest BCUT2D eigenvalue weighted by Crippen LogP contribution is 2.29. The third kappa shape index (κ3) is 6.57. The summed E-state index contributed by atoms with van der Waals surface area (Å²) in [4.78, 5) is 4.52. The van der Waals surface area contributed by atoms with Crippen LogP contribution in [0.1, 0.15) is 45.6 Å². The summed E-state index contributed by atoms with van der Waals surface area (Å²) in [6, 6.07) is 6.49. The predicted molar refractivity (Wildman–Crippen MR) is 93.9 cm³/mol. The molecule has 0 aliphatic heterocycles. The lowest BCUT2D eigenvalue weighted by Gasteiger charge is -2.32. The van der Waals surface area contributed by atoms with Crippen LogP contribution >= 0.6 is 0 Å². The fourth-order valence-corrected chi connectivity index (χ4v) is 2.60. The molecule has 0 radical (unpaired) electrons. The molecule has 0 atom stereocenters. The Hall–Kier alpha value is -1.62. The number of hydrogen-bond donors (Lipinski definition) is 3. The van der Waals surface area contributed by atoms with Gasteiger partial charge in [0.15, 0.2) is 5.96 Å². The number of halogens is 1. The lowest BCUT2D eigenvalue weighted by molar-refractivity contribution is 0.169. The highest BCUT2D eigenvalue weighted by Gasteiger charge is 2.25. The first-order chi connectivity index (χ1) is 11.1. The topological polar surface area (TPSA) is 56.7 Å². The first-order valence-corrected chi connectivity index (χ1v) is 8.46. The van der Waals surface area contributed by atoms with Crippen LogP contribution in [0.25, 0.3) is 0 Å². The standard InChI is InChI=1S/C18H30FN3O/c1-4-18(5-2,10-11-23)14-22-17(20-6-3)21-13-15-8-7-9-16(19)12-15/h7-9,12,23H,4-6,10-11,13-14H2,1-3H3,(H2,20,21,22). The van der Waals surface area contributed by atoms with Crippen molar-refractivity contribution in [2.75, 3.05) is 19.7 Å². The quantitative estimate of drug-likeness (QED) is 0.483. The van der Waals surface area contributed by atoms with E-state index in [1.807, 2.05) is 13.0 Å². The van der Waals surface area contributed by atoms with Crippen molar-refractivity contribution in [2.45, 2.75) is 46.6 Å². The van der Waals surface area contributed by atoms with Gasteiger partial charge in [-0.15, -0.1) is 0 Å². The van der Waals surface area contributed by atoms with Gasteiger partial charge in [-0.05, 0) is 49.3 Å². The molecule has 1 rings (SSSR count). The van der Waals surface area contributed by atoms with Crippen LogP contribution in [0.15, 0.2) is 29.3 Å². The van der Waals surface area contributed by atoms with Crippen molar-refractivity contribution in [3.8, 4) is 0 Å². The van der Waals surface area contributed by atoms with Crippen LogP contribution in [0.4, 0.5) is 4.39 Å². The Bertz CT molecular complexity index is 487. The second-order valence-electron chi connectivity index (χ2n) is 5.86. The number of aliphatic imine (C=N–C) groups is 1. The van der Waals surface area contributed by atoms with Gasteiger partial charge in [0, 0.05) is 19.7 Å². The Balaban J connectivity index is 2.71. The van der Waals surface area contributed by atoms with Gasteiger partial charge in [-0.3, -0.25) is 0 Å². The molecule has 0 aliphatic carbocycles. The Morgan fingerprint density at radius 1 is 1.22 bits per heavy atom. The summed E-state index contributed by atoms with van der Waals surface area (Å²) in [6.45, 7) is 8.46. The van der Waals surface area contributed by atoms with E-state index >= 15 is 0 Å². The van der Waals surface area contributed by atoms with Crippen molar-refractivity contribution in [1.29, 1.82) is 0 Å². The summed E-state index contributed by atoms with van der Waals surface area (Å²) in [5, 5.41) is 15.9. The monoisotopic (exact) mass is 323 g/mol. The largest absolute Gasteiger partial charge is 0.396 e. The van der Waals surface area contributed by atoms with Crippen molar-refractivity contribution in [1.82, 2.24) is 10.6 Å². The minimum atomic E-state index is -0.241. The predicted octanol–water partition coefficient (Wildman–Crippen LogP) is 3.07. The van der Waals surface area contributed by atoms with Crippen LogP contribution in [0, 0.1) is 11.2 Å². The highest BCUT2D eigenvalue weighted by atomic mass is 19.1. The van der Waals surface area contributed by atoms with Crippen LogP contribution < -0.4 is 10.6 Å². The summed E-state index contributed by atoms with van der Waals surface area (Å²) in [6.07, 6.45) is 2.77. The van der Waals surface area contributed by atoms with Gasteiger partial charge in [-0.1, -0.05) is 26.0 Å². The van der Waals surface area contributed by atoms with E-state index in [4.69, 9.17) is 0 Å². The third-order valence-electron chi connectivity index (χ3n) is 4.43. The Morgan fingerprint density at radius 2 is 1.96 bits per heavy atom. The highest BCUT2D eigenvalue weighted by molar-refractivity contribution is 5.79. The normalized spacial score (nSPS) is 12.3. The molecule has 0 spiro atoms. The molecule has 5 heteroatoms. The summed E-state index contributed by atoms with van der Waals surface area (Å²) in [5.74, 6) is 0.482. The molecule has 0 saturated heterocycles. The van der Waals surface area contributed by atoms with Gasteiger partial charge in [0.05, 0.1) is 6.54 Å². The first-order valence-electron chi connectivity index (χ1n) is 8.46. The number of hydrogen-bond acceptors (Lipinski definition) is 2. The average molecular weight is 323 g/mol. The van der Waals surface area contributed by atoms with Crippen molar-refractivity contribution in [2.24, 2.45) is 10.4 Å². The van der Waals surface area contributed by atoms with E-state index in [0.29, 0.717) is 6.54 Å². The number of aliphatic hydroxyl groups is 1. The van der Waals surface area contributed by atoms with Gasteiger partial charge in [-0.2, -0.15) is 0 Å². The van der Waals surface area contributed by atoms with E-state index in [9.17, 15) is 9.50 Å². The van der Waals surface area contributed by atoms with E-state index < -0.39 is 0 Å². The third-order valence-corrected chi connectivity index (χ3v) is 4.43. The molecule has 3 N–H and O–H groups in total. The van der Waals surface area contributed by atoms with Crippen LogP contribution in [0.2, 0.25) is 0 Å². The molecule has 0 aliphatic rings. The van der Waals surface area contributed by atoms with Crippen LogP contribution in [0.5, 0.6) is 0 Å². The molecule has 0 unspecified atom stereocenters. The summed E-state index contributed by atoms with van der Waals surface area (Å²) in [7, 11) is 0. The van der Waals surface area contributed by atoms with Crippen LogP contribution in [-0.4, -0.2) is 30.8 Å². The van der Waals surface area contributed by atoms with Crippen molar-refractivity contribution in [3.63, 3.8) is 0 Å². The van der Waals surface area contributed by atoms with Gasteiger partial charge in [-0.25, -0.2) is 9.38 Å². The lowest BCUT2D eigenvalue weighted by Crippen LogP contribution is -2.43. The molecular formula is C18H30FN3O. The molecule has 0 fully saturated rings. The molecule has 0 heterocycles. The fourth-order valence-electron chi connectivity index (χ4n) is 2.60. The maximum atomic E-state index is 13.2. The van der Waals surface area contributed by atoms with E-state index in [1.54, 1.807) is 6.07 Å². The second kappa shape index (κ2) is 10.2. The van der Waals surface area contributed by atoms with Crippen molar-refractivity contribution < 1.29 is 9.50 Å². The van der Waals surface area contributed by atoms with Gasteiger partial charge in [0.25, 0.3) is 0 Å². The van der Waals surface area contributed by atoms with Gasteiger partial charge in [0.1, 0.15) is 5.82 Å². The number of nitrogens with one attached hydrogen (secondary N) is 2. The number of guanidine groups is 1. The van der Waals surface area contributed by atoms with Gasteiger partial charge in [0.2, 0.25) is 0 Å². The molecule has 1 aromatic carbocycles. The van der Waals surface area contributed by atoms with Crippen LogP contribution in [-0.2, 0) is 6.54 Å². The zero-order valence-electron chi connectivity index (χ0n) is 14.5. The fraction of sp³-hybridized carbons (Fsp3) is 0.611. The zero-order valence-corrected chi connectivity index (χ0v) is 14.5. The first kappa shape index (κ1) is 19.4. The van der Waals surface area contributed by atoms with E-state index in [1.165, 1.54) is 12.1 Å².